The molecule has 2 aromatic carbocycles. The maximum absolute atomic E-state index is 13.0. The van der Waals surface area contributed by atoms with Crippen molar-refractivity contribution in [2.24, 2.45) is 11.8 Å². The summed E-state index contributed by atoms with van der Waals surface area (Å²) >= 11 is 9.53. The highest BCUT2D eigenvalue weighted by Crippen LogP contribution is 2.50. The van der Waals surface area contributed by atoms with Gasteiger partial charge in [0, 0.05) is 47.2 Å². The summed E-state index contributed by atoms with van der Waals surface area (Å²) in [6, 6.07) is 3.96. The van der Waals surface area contributed by atoms with Crippen molar-refractivity contribution in [3.63, 3.8) is 0 Å². The van der Waals surface area contributed by atoms with Crippen LogP contribution in [0.25, 0.3) is 0 Å². The van der Waals surface area contributed by atoms with Gasteiger partial charge < -0.3 is 27.4 Å². The highest BCUT2D eigenvalue weighted by molar-refractivity contribution is 7.88. The van der Waals surface area contributed by atoms with Gasteiger partial charge in [0.25, 0.3) is 0 Å². The number of halogens is 8. The molecule has 356 valence electrons. The second-order valence-corrected chi connectivity index (χ2v) is 30.0. The number of phenols is 2. The Morgan fingerprint density at radius 2 is 0.968 bits per heavy atom. The van der Waals surface area contributed by atoms with Crippen LogP contribution in [0, 0.1) is 11.8 Å². The molecule has 0 heterocycles. The van der Waals surface area contributed by atoms with Crippen LogP contribution in [-0.4, -0.2) is 60.0 Å². The average Bonchev–Trinajstić information content (AvgIpc) is 3.05. The average molecular weight is 1010 g/mol. The summed E-state index contributed by atoms with van der Waals surface area (Å²) < 4.78 is 143. The van der Waals surface area contributed by atoms with Crippen LogP contribution in [0.1, 0.15) is 76.3 Å². The molecule has 0 saturated carbocycles. The van der Waals surface area contributed by atoms with E-state index < -0.39 is 76.8 Å². The minimum absolute atomic E-state index is 0.0716. The van der Waals surface area contributed by atoms with Crippen molar-refractivity contribution in [1.82, 2.24) is 0 Å². The Balaban J connectivity index is 0.000000420. The number of hydrogen-bond donors (Lipinski definition) is 2. The van der Waals surface area contributed by atoms with E-state index in [-0.39, 0.29) is 40.2 Å². The topological polar surface area (TPSA) is 146 Å². The summed E-state index contributed by atoms with van der Waals surface area (Å²) in [5.74, 6) is -2.50. The predicted molar refractivity (Wildman–Crippen MR) is 240 cm³/mol. The third-order valence-electron chi connectivity index (χ3n) is 9.43. The molecule has 0 spiro atoms. The van der Waals surface area contributed by atoms with E-state index in [1.54, 1.807) is 0 Å². The van der Waals surface area contributed by atoms with Crippen molar-refractivity contribution >= 4 is 60.1 Å². The Bertz CT molecular complexity index is 2210. The molecule has 0 aromatic heterocycles. The first-order valence-electron chi connectivity index (χ1n) is 19.4. The lowest BCUT2D eigenvalue weighted by Crippen LogP contribution is -2.33. The van der Waals surface area contributed by atoms with Crippen molar-refractivity contribution in [1.29, 1.82) is 0 Å². The van der Waals surface area contributed by atoms with Crippen molar-refractivity contribution in [2.75, 3.05) is 5.34 Å². The first-order chi connectivity index (χ1) is 28.4. The number of benzene rings is 2. The number of allylic oxidation sites excluding steroid dienone is 6. The smallest absolute Gasteiger partial charge is 0.534 e. The quantitative estimate of drug-likeness (QED) is 0.0526. The highest BCUT2D eigenvalue weighted by Gasteiger charge is 2.50. The largest absolute Gasteiger partial charge is 0.544 e. The molecule has 4 rings (SSSR count). The van der Waals surface area contributed by atoms with Gasteiger partial charge in [0.1, 0.15) is 34.5 Å². The van der Waals surface area contributed by atoms with E-state index in [0.717, 1.165) is 54.5 Å². The minimum atomic E-state index is -5.90. The molecule has 0 bridgehead atoms. The van der Waals surface area contributed by atoms with Crippen LogP contribution in [0.4, 0.5) is 26.3 Å². The van der Waals surface area contributed by atoms with Crippen LogP contribution >= 0.6 is 23.2 Å². The number of aromatic hydroxyl groups is 2. The fraction of sp³-hybridized carbons (Fsp3) is 0.512. The molecule has 2 N–H and O–H groups in total. The van der Waals surface area contributed by atoms with E-state index in [4.69, 9.17) is 32.1 Å². The van der Waals surface area contributed by atoms with Crippen LogP contribution in [0.2, 0.25) is 39.3 Å². The summed E-state index contributed by atoms with van der Waals surface area (Å²) in [6.07, 6.45) is 7.31. The van der Waals surface area contributed by atoms with Gasteiger partial charge in [0.2, 0.25) is 16.6 Å². The van der Waals surface area contributed by atoms with Gasteiger partial charge in [-0.2, -0.15) is 43.2 Å². The SMILES string of the molecule is C=C(C)[C@H]1CCC(C)=C[C@@H]1c1c(O)cc(OS(=O)(=O)C(F)(F)F)cc1O.C=C(C)[C@H]1CCC(C)=C[C@@H]1c1c(O[Si](C)(C)C)cc(OS(=O)(=O)C(F)(F)F)cc1O[Si](C)(C)C.ClCCl. The Hall–Kier alpha value is -3.31. The van der Waals surface area contributed by atoms with E-state index in [1.807, 2.05) is 73.1 Å². The zero-order chi connectivity index (χ0) is 48.8. The van der Waals surface area contributed by atoms with Crippen LogP contribution in [-0.2, 0) is 20.2 Å². The molecule has 0 aliphatic heterocycles. The number of hydrogen-bond acceptors (Lipinski definition) is 10. The first-order valence-corrected chi connectivity index (χ1v) is 30.1. The van der Waals surface area contributed by atoms with Gasteiger partial charge in [-0.05, 0) is 104 Å². The van der Waals surface area contributed by atoms with Crippen molar-refractivity contribution in [3.8, 4) is 34.5 Å². The predicted octanol–water partition coefficient (Wildman–Crippen LogP) is 13.1. The molecule has 2 aliphatic rings. The van der Waals surface area contributed by atoms with E-state index in [2.05, 4.69) is 27.6 Å². The standard InChI is InChI=1S/C23H35F3O5SSi2.C17H19F3O5S.CH2Cl2/c1-15(2)18-11-10-16(3)12-19(18)22-20(30-33(4,5)6)13-17(14-21(22)31-34(7,8)9)29-32(27,28)23(24,25)26;1-9(2)12-5-4-10(3)6-13(12)16-14(21)7-11(8-15(16)22)25-26(23,24)17(18,19)20;2-1-3/h12-14,18-19H,1,10-11H2,2-9H3;6-8,12-13,21-22H,1,4-5H2,2-3H3;1H2/t18-,19+;12-,13+;/m11./s1. The van der Waals surface area contributed by atoms with Crippen LogP contribution in [0.3, 0.4) is 0 Å². The van der Waals surface area contributed by atoms with Gasteiger partial charge in [0.05, 0.1) is 5.34 Å². The molecular formula is C41H56Cl2F6O10S2Si2. The van der Waals surface area contributed by atoms with E-state index in [1.165, 1.54) is 17.7 Å². The minimum Gasteiger partial charge on any atom is -0.544 e. The second kappa shape index (κ2) is 21.3. The van der Waals surface area contributed by atoms with E-state index in [9.17, 15) is 53.4 Å². The maximum Gasteiger partial charge on any atom is 0.534 e. The van der Waals surface area contributed by atoms with Gasteiger partial charge in [-0.3, -0.25) is 0 Å². The van der Waals surface area contributed by atoms with Gasteiger partial charge in [-0.1, -0.05) is 47.6 Å². The Kier molecular flexibility index (Phi) is 18.9. The van der Waals surface area contributed by atoms with Crippen LogP contribution in [0.5, 0.6) is 34.5 Å². The number of phenolic OH excluding ortho intramolecular Hbond substituents is 2. The molecule has 0 fully saturated rings. The lowest BCUT2D eigenvalue weighted by Gasteiger charge is -2.35. The molecule has 0 saturated heterocycles. The Morgan fingerprint density at radius 1 is 0.667 bits per heavy atom. The summed E-state index contributed by atoms with van der Waals surface area (Å²) in [7, 11) is -16.3. The normalized spacial score (nSPS) is 19.8. The second-order valence-electron chi connectivity index (χ2n) is 17.3. The zero-order valence-corrected chi connectivity index (χ0v) is 41.9. The third kappa shape index (κ3) is 16.0. The summed E-state index contributed by atoms with van der Waals surface area (Å²) in [5, 5.41) is 20.7. The molecule has 2 aromatic rings. The van der Waals surface area contributed by atoms with Crippen molar-refractivity contribution < 1.29 is 70.6 Å². The summed E-state index contributed by atoms with van der Waals surface area (Å²) in [5.41, 5.74) is -6.37. The van der Waals surface area contributed by atoms with Gasteiger partial charge in [0.15, 0.2) is 0 Å². The fourth-order valence-corrected chi connectivity index (χ4v) is 9.48. The molecule has 22 heteroatoms. The fourth-order valence-electron chi connectivity index (χ4n) is 6.93. The zero-order valence-electron chi connectivity index (χ0n) is 36.7. The van der Waals surface area contributed by atoms with E-state index in [0.29, 0.717) is 5.56 Å². The molecule has 10 nitrogen and oxygen atoms in total. The third-order valence-corrected chi connectivity index (χ3v) is 13.0. The number of alkyl halides is 8. The maximum atomic E-state index is 13.0. The molecule has 4 atom stereocenters. The molecule has 63 heavy (non-hydrogen) atoms. The number of rotatable bonds is 12. The van der Waals surface area contributed by atoms with Gasteiger partial charge >= 0.3 is 31.3 Å². The highest BCUT2D eigenvalue weighted by atomic mass is 35.5. The van der Waals surface area contributed by atoms with Crippen molar-refractivity contribution in [2.45, 2.75) is 116 Å². The molecule has 2 aliphatic carbocycles. The lowest BCUT2D eigenvalue weighted by atomic mass is 9.74. The van der Waals surface area contributed by atoms with Gasteiger partial charge in [-0.15, -0.1) is 23.2 Å². The lowest BCUT2D eigenvalue weighted by molar-refractivity contribution is -0.0504. The molecule has 0 unspecified atom stereocenters. The van der Waals surface area contributed by atoms with Crippen LogP contribution in [0.15, 0.2) is 71.9 Å². The van der Waals surface area contributed by atoms with E-state index >= 15 is 0 Å². The Labute approximate surface area is 379 Å². The molecule has 0 amide bonds. The molecular weight excluding hydrogens is 958 g/mol. The van der Waals surface area contributed by atoms with Crippen LogP contribution < -0.4 is 17.2 Å². The first kappa shape index (κ1) is 55.8. The Morgan fingerprint density at radius 3 is 1.25 bits per heavy atom. The summed E-state index contributed by atoms with van der Waals surface area (Å²) in [6.45, 7) is 27.4. The monoisotopic (exact) mass is 1010 g/mol. The van der Waals surface area contributed by atoms with Gasteiger partial charge in [-0.25, -0.2) is 0 Å². The summed E-state index contributed by atoms with van der Waals surface area (Å²) in [4.78, 5) is 0. The van der Waals surface area contributed by atoms with Crippen molar-refractivity contribution in [3.05, 3.63) is 83.0 Å². The molecule has 0 radical (unpaired) electrons.